The van der Waals surface area contributed by atoms with E-state index in [0.29, 0.717) is 11.3 Å². The number of nitrogens with zero attached hydrogens (tertiary/aromatic N) is 4. The van der Waals surface area contributed by atoms with Crippen LogP contribution >= 0.6 is 23.2 Å². The molecule has 0 radical (unpaired) electrons. The van der Waals surface area contributed by atoms with E-state index in [-0.39, 0.29) is 45.0 Å². The standard InChI is InChI=1S/C20H14Cl2N6O4/c1-10-18(29)24-20(31)28(27-10)13-8-14(21)17(15(22)9-13)32-16-7-11(19(30)26-25-16)6-12-4-2-3-5-23-12/h2-5,7-9H,6H2,1H3,(H,26,30)(H,24,29,31). The fourth-order valence-corrected chi connectivity index (χ4v) is 3.39. The van der Waals surface area contributed by atoms with Gasteiger partial charge in [0, 0.05) is 29.9 Å². The number of nitrogens with one attached hydrogen (secondary N) is 2. The number of benzene rings is 1. The van der Waals surface area contributed by atoms with Gasteiger partial charge in [-0.2, -0.15) is 9.78 Å². The van der Waals surface area contributed by atoms with Crippen molar-refractivity contribution < 1.29 is 4.74 Å². The van der Waals surface area contributed by atoms with E-state index in [0.717, 1.165) is 4.68 Å². The van der Waals surface area contributed by atoms with Crippen molar-refractivity contribution in [2.75, 3.05) is 0 Å². The van der Waals surface area contributed by atoms with E-state index in [9.17, 15) is 14.4 Å². The number of rotatable bonds is 5. The number of H-pyrrole nitrogens is 2. The molecule has 0 spiro atoms. The zero-order chi connectivity index (χ0) is 22.8. The second-order valence-electron chi connectivity index (χ2n) is 6.66. The van der Waals surface area contributed by atoms with Crippen molar-refractivity contribution in [3.05, 3.63) is 101 Å². The molecular weight excluding hydrogens is 459 g/mol. The van der Waals surface area contributed by atoms with Gasteiger partial charge in [0.2, 0.25) is 5.88 Å². The number of halogens is 2. The molecule has 0 unspecified atom stereocenters. The van der Waals surface area contributed by atoms with Crippen LogP contribution in [0.4, 0.5) is 0 Å². The molecule has 0 saturated heterocycles. The van der Waals surface area contributed by atoms with E-state index in [1.807, 2.05) is 6.07 Å². The summed E-state index contributed by atoms with van der Waals surface area (Å²) in [4.78, 5) is 42.1. The van der Waals surface area contributed by atoms with Crippen molar-refractivity contribution in [3.63, 3.8) is 0 Å². The molecule has 12 heteroatoms. The molecule has 0 aliphatic rings. The Morgan fingerprint density at radius 1 is 1.06 bits per heavy atom. The minimum Gasteiger partial charge on any atom is -0.434 e. The highest BCUT2D eigenvalue weighted by Gasteiger charge is 2.16. The fraction of sp³-hybridized carbons (Fsp3) is 0.100. The Hall–Kier alpha value is -3.76. The van der Waals surface area contributed by atoms with Crippen molar-refractivity contribution in [2.45, 2.75) is 13.3 Å². The number of aromatic amines is 2. The van der Waals surface area contributed by atoms with E-state index in [1.165, 1.54) is 25.1 Å². The first kappa shape index (κ1) is 21.5. The number of aryl methyl sites for hydroxylation is 1. The SMILES string of the molecule is Cc1nn(-c2cc(Cl)c(Oc3cc(Cc4ccccn4)c(=O)[nH]n3)c(Cl)c2)c(=O)[nH]c1=O. The van der Waals surface area contributed by atoms with Crippen LogP contribution in [0.5, 0.6) is 11.6 Å². The van der Waals surface area contributed by atoms with E-state index < -0.39 is 11.2 Å². The predicted octanol–water partition coefficient (Wildman–Crippen LogP) is 2.40. The molecular formula is C20H14Cl2N6O4. The molecule has 0 saturated carbocycles. The van der Waals surface area contributed by atoms with Gasteiger partial charge in [-0.15, -0.1) is 5.10 Å². The molecule has 1 aromatic carbocycles. The lowest BCUT2D eigenvalue weighted by Gasteiger charge is -2.12. The van der Waals surface area contributed by atoms with Crippen molar-refractivity contribution in [2.24, 2.45) is 0 Å². The molecule has 0 amide bonds. The summed E-state index contributed by atoms with van der Waals surface area (Å²) in [5, 5.41) is 10.3. The highest BCUT2D eigenvalue weighted by molar-refractivity contribution is 6.37. The second kappa shape index (κ2) is 8.77. The number of ether oxygens (including phenoxy) is 1. The van der Waals surface area contributed by atoms with E-state index >= 15 is 0 Å². The third-order valence-electron chi connectivity index (χ3n) is 4.38. The summed E-state index contributed by atoms with van der Waals surface area (Å²) >= 11 is 12.6. The molecule has 4 rings (SSSR count). The molecule has 10 nitrogen and oxygen atoms in total. The second-order valence-corrected chi connectivity index (χ2v) is 7.47. The van der Waals surface area contributed by atoms with Crippen molar-refractivity contribution in [3.8, 4) is 17.3 Å². The molecule has 0 aliphatic heterocycles. The molecule has 0 aliphatic carbocycles. The predicted molar refractivity (Wildman–Crippen MR) is 117 cm³/mol. The first-order valence-corrected chi connectivity index (χ1v) is 9.93. The number of hydrogen-bond donors (Lipinski definition) is 2. The normalized spacial score (nSPS) is 10.8. The number of pyridine rings is 1. The lowest BCUT2D eigenvalue weighted by Crippen LogP contribution is -2.32. The summed E-state index contributed by atoms with van der Waals surface area (Å²) in [5.41, 5.74) is -0.315. The average Bonchev–Trinajstić information content (AvgIpc) is 2.76. The Kier molecular flexibility index (Phi) is 5.89. The van der Waals surface area contributed by atoms with Crippen LogP contribution < -0.4 is 21.5 Å². The van der Waals surface area contributed by atoms with Gasteiger partial charge in [-0.05, 0) is 31.2 Å². The van der Waals surface area contributed by atoms with Crippen LogP contribution in [-0.4, -0.2) is 29.9 Å². The van der Waals surface area contributed by atoms with Gasteiger partial charge >= 0.3 is 5.69 Å². The Labute approximate surface area is 189 Å². The number of aromatic nitrogens is 6. The lowest BCUT2D eigenvalue weighted by molar-refractivity contribution is 0.453. The maximum absolute atomic E-state index is 12.1. The summed E-state index contributed by atoms with van der Waals surface area (Å²) in [6.07, 6.45) is 1.91. The zero-order valence-electron chi connectivity index (χ0n) is 16.4. The molecule has 4 aromatic rings. The van der Waals surface area contributed by atoms with Crippen molar-refractivity contribution in [1.29, 1.82) is 0 Å². The molecule has 32 heavy (non-hydrogen) atoms. The summed E-state index contributed by atoms with van der Waals surface area (Å²) < 4.78 is 6.67. The van der Waals surface area contributed by atoms with E-state index in [1.54, 1.807) is 18.3 Å². The highest BCUT2D eigenvalue weighted by Crippen LogP contribution is 2.37. The van der Waals surface area contributed by atoms with Crippen molar-refractivity contribution >= 4 is 23.2 Å². The van der Waals surface area contributed by atoms with E-state index in [2.05, 4.69) is 25.3 Å². The summed E-state index contributed by atoms with van der Waals surface area (Å²) in [7, 11) is 0. The summed E-state index contributed by atoms with van der Waals surface area (Å²) in [6, 6.07) is 9.65. The van der Waals surface area contributed by atoms with Gasteiger partial charge in [0.25, 0.3) is 11.1 Å². The largest absolute Gasteiger partial charge is 0.434 e. The summed E-state index contributed by atoms with van der Waals surface area (Å²) in [6.45, 7) is 1.46. The Balaban J connectivity index is 1.67. The molecule has 3 aromatic heterocycles. The van der Waals surface area contributed by atoms with Crippen LogP contribution in [0.15, 0.2) is 57.0 Å². The minimum atomic E-state index is -0.747. The third-order valence-corrected chi connectivity index (χ3v) is 4.94. The van der Waals surface area contributed by atoms with Crippen LogP contribution in [0.25, 0.3) is 5.69 Å². The monoisotopic (exact) mass is 472 g/mol. The first-order chi connectivity index (χ1) is 15.3. The quantitative estimate of drug-likeness (QED) is 0.454. The van der Waals surface area contributed by atoms with Gasteiger partial charge in [0.1, 0.15) is 5.69 Å². The Morgan fingerprint density at radius 3 is 2.50 bits per heavy atom. The van der Waals surface area contributed by atoms with Crippen LogP contribution in [-0.2, 0) is 6.42 Å². The Bertz CT molecular complexity index is 1460. The van der Waals surface area contributed by atoms with Gasteiger partial charge in [0.05, 0.1) is 15.7 Å². The van der Waals surface area contributed by atoms with Gasteiger partial charge in [-0.3, -0.25) is 19.6 Å². The van der Waals surface area contributed by atoms with Gasteiger partial charge in [0.15, 0.2) is 5.75 Å². The fourth-order valence-electron chi connectivity index (χ4n) is 2.83. The molecule has 162 valence electrons. The van der Waals surface area contributed by atoms with Crippen molar-refractivity contribution in [1.82, 2.24) is 29.9 Å². The average molecular weight is 473 g/mol. The highest BCUT2D eigenvalue weighted by atomic mass is 35.5. The Morgan fingerprint density at radius 2 is 1.81 bits per heavy atom. The van der Waals surface area contributed by atoms with Crippen LogP contribution in [0.2, 0.25) is 10.0 Å². The van der Waals surface area contributed by atoms with Crippen LogP contribution in [0, 0.1) is 6.92 Å². The smallest absolute Gasteiger partial charge is 0.349 e. The molecule has 2 N–H and O–H groups in total. The minimum absolute atomic E-state index is 0.0576. The molecule has 0 bridgehead atoms. The van der Waals surface area contributed by atoms with Gasteiger partial charge in [-0.1, -0.05) is 29.3 Å². The van der Waals surface area contributed by atoms with Crippen LogP contribution in [0.3, 0.4) is 0 Å². The van der Waals surface area contributed by atoms with Gasteiger partial charge in [-0.25, -0.2) is 9.89 Å². The molecule has 0 fully saturated rings. The maximum Gasteiger partial charge on any atom is 0.349 e. The summed E-state index contributed by atoms with van der Waals surface area (Å²) in [5.74, 6) is 0.122. The van der Waals surface area contributed by atoms with E-state index in [4.69, 9.17) is 27.9 Å². The number of hydrogen-bond acceptors (Lipinski definition) is 7. The van der Waals surface area contributed by atoms with Crippen LogP contribution in [0.1, 0.15) is 17.0 Å². The first-order valence-electron chi connectivity index (χ1n) is 9.18. The maximum atomic E-state index is 12.1. The zero-order valence-corrected chi connectivity index (χ0v) is 17.9. The topological polar surface area (TPSA) is 136 Å². The van der Waals surface area contributed by atoms with Gasteiger partial charge < -0.3 is 4.74 Å². The third kappa shape index (κ3) is 4.46. The lowest BCUT2D eigenvalue weighted by atomic mass is 10.1. The molecule has 3 heterocycles. The molecule has 0 atom stereocenters.